The number of carbonyl (C=O) groups excluding carboxylic acids is 1. The zero-order chi connectivity index (χ0) is 15.1. The zero-order valence-corrected chi connectivity index (χ0v) is 12.1. The predicted molar refractivity (Wildman–Crippen MR) is 79.3 cm³/mol. The van der Waals surface area contributed by atoms with E-state index < -0.39 is 0 Å². The molecular formula is C16H18N2O3. The van der Waals surface area contributed by atoms with Gasteiger partial charge in [-0.15, -0.1) is 0 Å². The van der Waals surface area contributed by atoms with Crippen LogP contribution in [-0.4, -0.2) is 24.6 Å². The summed E-state index contributed by atoms with van der Waals surface area (Å²) in [6.45, 7) is 2.25. The predicted octanol–water partition coefficient (Wildman–Crippen LogP) is 2.09. The summed E-state index contributed by atoms with van der Waals surface area (Å²) in [6.07, 6.45) is 1.60. The Hall–Kier alpha value is -2.56. The molecule has 0 radical (unpaired) electrons. The molecule has 5 heteroatoms. The molecule has 0 aliphatic heterocycles. The Morgan fingerprint density at radius 2 is 2.05 bits per heavy atom. The van der Waals surface area contributed by atoms with Gasteiger partial charge in [0, 0.05) is 17.8 Å². The summed E-state index contributed by atoms with van der Waals surface area (Å²) in [5, 5.41) is 2.79. The van der Waals surface area contributed by atoms with Gasteiger partial charge in [-0.2, -0.15) is 0 Å². The van der Waals surface area contributed by atoms with Crippen molar-refractivity contribution in [3.63, 3.8) is 0 Å². The summed E-state index contributed by atoms with van der Waals surface area (Å²) in [6, 6.07) is 11.2. The summed E-state index contributed by atoms with van der Waals surface area (Å²) < 4.78 is 10.6. The average molecular weight is 286 g/mol. The van der Waals surface area contributed by atoms with Crippen LogP contribution in [0.4, 0.5) is 0 Å². The molecular weight excluding hydrogens is 268 g/mol. The number of hydrogen-bond donors (Lipinski definition) is 1. The minimum absolute atomic E-state index is 0.0418. The van der Waals surface area contributed by atoms with E-state index in [1.807, 2.05) is 37.3 Å². The molecule has 0 bridgehead atoms. The molecule has 1 N–H and O–H groups in total. The van der Waals surface area contributed by atoms with E-state index in [4.69, 9.17) is 9.47 Å². The van der Waals surface area contributed by atoms with Crippen LogP contribution in [0.5, 0.6) is 11.5 Å². The summed E-state index contributed by atoms with van der Waals surface area (Å²) in [5.41, 5.74) is 1.83. The molecule has 1 amide bonds. The zero-order valence-electron chi connectivity index (χ0n) is 12.1. The second-order valence-electron chi connectivity index (χ2n) is 4.51. The molecule has 0 spiro atoms. The Bertz CT molecular complexity index is 597. The lowest BCUT2D eigenvalue weighted by Gasteiger charge is -2.10. The normalized spacial score (nSPS) is 10.0. The van der Waals surface area contributed by atoms with Gasteiger partial charge in [0.15, 0.2) is 6.61 Å². The lowest BCUT2D eigenvalue weighted by molar-refractivity contribution is -0.123. The summed E-state index contributed by atoms with van der Waals surface area (Å²) >= 11 is 0. The monoisotopic (exact) mass is 286 g/mol. The van der Waals surface area contributed by atoms with Gasteiger partial charge >= 0.3 is 0 Å². The van der Waals surface area contributed by atoms with E-state index >= 15 is 0 Å². The largest absolute Gasteiger partial charge is 0.496 e. The molecule has 1 aromatic heterocycles. The minimum Gasteiger partial charge on any atom is -0.496 e. The van der Waals surface area contributed by atoms with Crippen LogP contribution in [0, 0.1) is 6.92 Å². The smallest absolute Gasteiger partial charge is 0.258 e. The van der Waals surface area contributed by atoms with Gasteiger partial charge in [-0.3, -0.25) is 9.78 Å². The van der Waals surface area contributed by atoms with Crippen molar-refractivity contribution in [2.24, 2.45) is 0 Å². The maximum absolute atomic E-state index is 11.8. The molecule has 0 atom stereocenters. The van der Waals surface area contributed by atoms with E-state index in [0.717, 1.165) is 17.0 Å². The van der Waals surface area contributed by atoms with Gasteiger partial charge in [-0.25, -0.2) is 0 Å². The molecule has 0 aliphatic carbocycles. The first-order chi connectivity index (χ1) is 10.2. The molecule has 1 aromatic carbocycles. The van der Waals surface area contributed by atoms with Crippen LogP contribution in [0.15, 0.2) is 42.6 Å². The van der Waals surface area contributed by atoms with E-state index in [2.05, 4.69) is 10.3 Å². The molecule has 0 saturated carbocycles. The average Bonchev–Trinajstić information content (AvgIpc) is 2.52. The number of nitrogens with zero attached hydrogens (tertiary/aromatic N) is 1. The van der Waals surface area contributed by atoms with Crippen LogP contribution in [0.3, 0.4) is 0 Å². The van der Waals surface area contributed by atoms with Gasteiger partial charge in [0.25, 0.3) is 5.91 Å². The molecule has 0 saturated heterocycles. The standard InChI is InChI=1S/C16H18N2O3/c1-12-7-8-14(10-17-12)21-11-16(19)18-9-13-5-3-4-6-15(13)20-2/h3-8,10H,9,11H2,1-2H3,(H,18,19). The van der Waals surface area contributed by atoms with Crippen molar-refractivity contribution in [2.75, 3.05) is 13.7 Å². The topological polar surface area (TPSA) is 60.5 Å². The maximum Gasteiger partial charge on any atom is 0.258 e. The number of carbonyl (C=O) groups is 1. The molecule has 1 heterocycles. The lowest BCUT2D eigenvalue weighted by Crippen LogP contribution is -2.28. The highest BCUT2D eigenvalue weighted by atomic mass is 16.5. The minimum atomic E-state index is -0.193. The molecule has 0 fully saturated rings. The Balaban J connectivity index is 1.81. The van der Waals surface area contributed by atoms with Gasteiger partial charge in [0.2, 0.25) is 0 Å². The first-order valence-corrected chi connectivity index (χ1v) is 6.63. The number of nitrogens with one attached hydrogen (secondary N) is 1. The molecule has 2 rings (SSSR count). The highest BCUT2D eigenvalue weighted by Gasteiger charge is 2.06. The third-order valence-electron chi connectivity index (χ3n) is 2.92. The Morgan fingerprint density at radius 3 is 2.76 bits per heavy atom. The van der Waals surface area contributed by atoms with Crippen molar-refractivity contribution in [1.82, 2.24) is 10.3 Å². The second kappa shape index (κ2) is 7.28. The van der Waals surface area contributed by atoms with Crippen molar-refractivity contribution in [3.8, 4) is 11.5 Å². The third-order valence-corrected chi connectivity index (χ3v) is 2.92. The quantitative estimate of drug-likeness (QED) is 0.883. The highest BCUT2D eigenvalue weighted by molar-refractivity contribution is 5.77. The van der Waals surface area contributed by atoms with Crippen LogP contribution < -0.4 is 14.8 Å². The third kappa shape index (κ3) is 4.49. The number of aromatic nitrogens is 1. The van der Waals surface area contributed by atoms with Crippen molar-refractivity contribution in [1.29, 1.82) is 0 Å². The van der Waals surface area contributed by atoms with Gasteiger partial charge in [-0.05, 0) is 25.1 Å². The summed E-state index contributed by atoms with van der Waals surface area (Å²) in [5.74, 6) is 1.14. The van der Waals surface area contributed by atoms with Crippen molar-refractivity contribution >= 4 is 5.91 Å². The van der Waals surface area contributed by atoms with Gasteiger partial charge < -0.3 is 14.8 Å². The van der Waals surface area contributed by atoms with Crippen LogP contribution in [0.2, 0.25) is 0 Å². The number of para-hydroxylation sites is 1. The molecule has 110 valence electrons. The maximum atomic E-state index is 11.8. The Kier molecular flexibility index (Phi) is 5.15. The Labute approximate surface area is 123 Å². The molecule has 21 heavy (non-hydrogen) atoms. The van der Waals surface area contributed by atoms with Crippen LogP contribution in [-0.2, 0) is 11.3 Å². The molecule has 0 aliphatic rings. The van der Waals surface area contributed by atoms with Crippen LogP contribution in [0.25, 0.3) is 0 Å². The van der Waals surface area contributed by atoms with Crippen LogP contribution in [0.1, 0.15) is 11.3 Å². The SMILES string of the molecule is COc1ccccc1CNC(=O)COc1ccc(C)nc1. The van der Waals surface area contributed by atoms with Crippen molar-refractivity contribution in [3.05, 3.63) is 53.9 Å². The number of hydrogen-bond acceptors (Lipinski definition) is 4. The fraction of sp³-hybridized carbons (Fsp3) is 0.250. The van der Waals surface area contributed by atoms with E-state index in [1.54, 1.807) is 19.4 Å². The number of methoxy groups -OCH3 is 1. The summed E-state index contributed by atoms with van der Waals surface area (Å²) in [4.78, 5) is 15.9. The van der Waals surface area contributed by atoms with E-state index in [0.29, 0.717) is 12.3 Å². The van der Waals surface area contributed by atoms with Gasteiger partial charge in [0.1, 0.15) is 11.5 Å². The number of pyridine rings is 1. The molecule has 2 aromatic rings. The van der Waals surface area contributed by atoms with Gasteiger partial charge in [-0.1, -0.05) is 18.2 Å². The Morgan fingerprint density at radius 1 is 1.24 bits per heavy atom. The van der Waals surface area contributed by atoms with Crippen molar-refractivity contribution in [2.45, 2.75) is 13.5 Å². The molecule has 5 nitrogen and oxygen atoms in total. The van der Waals surface area contributed by atoms with E-state index in [-0.39, 0.29) is 12.5 Å². The number of amides is 1. The molecule has 0 unspecified atom stereocenters. The lowest BCUT2D eigenvalue weighted by atomic mass is 10.2. The highest BCUT2D eigenvalue weighted by Crippen LogP contribution is 2.16. The fourth-order valence-electron chi connectivity index (χ4n) is 1.78. The summed E-state index contributed by atoms with van der Waals surface area (Å²) in [7, 11) is 1.61. The first kappa shape index (κ1) is 14.8. The van der Waals surface area contributed by atoms with Crippen LogP contribution >= 0.6 is 0 Å². The van der Waals surface area contributed by atoms with Crippen molar-refractivity contribution < 1.29 is 14.3 Å². The number of aryl methyl sites for hydroxylation is 1. The fourth-order valence-corrected chi connectivity index (χ4v) is 1.78. The second-order valence-corrected chi connectivity index (χ2v) is 4.51. The number of ether oxygens (including phenoxy) is 2. The van der Waals surface area contributed by atoms with Gasteiger partial charge in [0.05, 0.1) is 13.3 Å². The first-order valence-electron chi connectivity index (χ1n) is 6.63. The van der Waals surface area contributed by atoms with E-state index in [1.165, 1.54) is 0 Å². The number of rotatable bonds is 6. The van der Waals surface area contributed by atoms with E-state index in [9.17, 15) is 4.79 Å². The number of benzene rings is 1.